The summed E-state index contributed by atoms with van der Waals surface area (Å²) in [6.07, 6.45) is 3.75. The Hall–Kier alpha value is -0.570. The van der Waals surface area contributed by atoms with E-state index in [-0.39, 0.29) is 0 Å². The van der Waals surface area contributed by atoms with Crippen molar-refractivity contribution < 1.29 is 4.79 Å². The van der Waals surface area contributed by atoms with E-state index in [1.165, 1.54) is 19.3 Å². The molecule has 4 atom stereocenters. The molecule has 2 saturated carbocycles. The predicted octanol–water partition coefficient (Wildman–Crippen LogP) is 1.24. The first kappa shape index (κ1) is 10.6. The Morgan fingerprint density at radius 1 is 1.06 bits per heavy atom. The molecular weight excluding hydrogens is 200 g/mol. The monoisotopic (exact) mass is 222 g/mol. The standard InChI is InChI=1S/C13H22N2O/c1-8-6-14-7-9(2)15(8)13(16)12-4-10-3-11(10)5-12/h8-12,14H,3-7H2,1-2H3. The number of carbonyl (C=O) groups excluding carboxylic acids is 1. The van der Waals surface area contributed by atoms with Crippen molar-refractivity contribution in [3.05, 3.63) is 0 Å². The summed E-state index contributed by atoms with van der Waals surface area (Å²) in [5.41, 5.74) is 0. The highest BCUT2D eigenvalue weighted by molar-refractivity contribution is 5.80. The van der Waals surface area contributed by atoms with Crippen molar-refractivity contribution in [3.63, 3.8) is 0 Å². The highest BCUT2D eigenvalue weighted by Crippen LogP contribution is 2.54. The lowest BCUT2D eigenvalue weighted by molar-refractivity contribution is -0.141. The van der Waals surface area contributed by atoms with Gasteiger partial charge in [-0.2, -0.15) is 0 Å². The summed E-state index contributed by atoms with van der Waals surface area (Å²) in [6, 6.07) is 0.737. The van der Waals surface area contributed by atoms with E-state index in [1.54, 1.807) is 0 Å². The number of fused-ring (bicyclic) bond motifs is 1. The summed E-state index contributed by atoms with van der Waals surface area (Å²) < 4.78 is 0. The molecule has 1 saturated heterocycles. The van der Waals surface area contributed by atoms with Gasteiger partial charge in [0, 0.05) is 31.1 Å². The molecule has 0 bridgehead atoms. The molecule has 0 aromatic rings. The smallest absolute Gasteiger partial charge is 0.226 e. The normalized spacial score (nSPS) is 46.6. The van der Waals surface area contributed by atoms with Gasteiger partial charge in [-0.05, 0) is 44.9 Å². The van der Waals surface area contributed by atoms with Crippen molar-refractivity contribution >= 4 is 5.91 Å². The van der Waals surface area contributed by atoms with Crippen LogP contribution in [-0.2, 0) is 4.79 Å². The number of amides is 1. The van der Waals surface area contributed by atoms with Crippen LogP contribution < -0.4 is 5.32 Å². The number of nitrogens with one attached hydrogen (secondary N) is 1. The number of hydrogen-bond donors (Lipinski definition) is 1. The fourth-order valence-electron chi connectivity index (χ4n) is 3.69. The molecule has 3 aliphatic rings. The van der Waals surface area contributed by atoms with E-state index in [0.717, 1.165) is 24.9 Å². The molecule has 1 amide bonds. The molecule has 1 aliphatic heterocycles. The molecule has 3 nitrogen and oxygen atoms in total. The molecular formula is C13H22N2O. The topological polar surface area (TPSA) is 32.3 Å². The Labute approximate surface area is 97.6 Å². The van der Waals surface area contributed by atoms with Gasteiger partial charge < -0.3 is 10.2 Å². The zero-order valence-corrected chi connectivity index (χ0v) is 10.3. The van der Waals surface area contributed by atoms with Gasteiger partial charge in [0.2, 0.25) is 5.91 Å². The minimum absolute atomic E-state index is 0.353. The molecule has 0 aromatic heterocycles. The summed E-state index contributed by atoms with van der Waals surface area (Å²) >= 11 is 0. The molecule has 2 aliphatic carbocycles. The van der Waals surface area contributed by atoms with E-state index in [4.69, 9.17) is 0 Å². The van der Waals surface area contributed by atoms with E-state index >= 15 is 0 Å². The Bertz CT molecular complexity index is 284. The SMILES string of the molecule is CC1CNCC(C)N1C(=O)C1CC2CC2C1. The maximum atomic E-state index is 12.5. The second-order valence-electron chi connectivity index (χ2n) is 6.03. The minimum atomic E-state index is 0.353. The number of rotatable bonds is 1. The molecule has 90 valence electrons. The third-order valence-corrected chi connectivity index (χ3v) is 4.68. The number of carbonyl (C=O) groups is 1. The van der Waals surface area contributed by atoms with E-state index in [1.807, 2.05) is 0 Å². The maximum absolute atomic E-state index is 12.5. The van der Waals surface area contributed by atoms with Gasteiger partial charge in [-0.3, -0.25) is 4.79 Å². The van der Waals surface area contributed by atoms with E-state index < -0.39 is 0 Å². The van der Waals surface area contributed by atoms with Gasteiger partial charge in [0.15, 0.2) is 0 Å². The molecule has 1 N–H and O–H groups in total. The summed E-state index contributed by atoms with van der Waals surface area (Å²) in [6.45, 7) is 6.23. The van der Waals surface area contributed by atoms with Gasteiger partial charge in [0.25, 0.3) is 0 Å². The Kier molecular flexibility index (Phi) is 2.46. The summed E-state index contributed by atoms with van der Waals surface area (Å²) in [5.74, 6) is 2.60. The molecule has 4 unspecified atom stereocenters. The van der Waals surface area contributed by atoms with Gasteiger partial charge in [0.05, 0.1) is 0 Å². The van der Waals surface area contributed by atoms with Crippen LogP contribution in [0, 0.1) is 17.8 Å². The first-order valence-electron chi connectivity index (χ1n) is 6.69. The molecule has 3 heteroatoms. The van der Waals surface area contributed by atoms with Gasteiger partial charge in [-0.15, -0.1) is 0 Å². The average Bonchev–Trinajstić information content (AvgIpc) is 2.85. The number of piperazine rings is 1. The molecule has 3 fully saturated rings. The quantitative estimate of drug-likeness (QED) is 0.724. The highest BCUT2D eigenvalue weighted by atomic mass is 16.2. The Balaban J connectivity index is 1.68. The maximum Gasteiger partial charge on any atom is 0.226 e. The molecule has 1 heterocycles. The largest absolute Gasteiger partial charge is 0.334 e. The van der Waals surface area contributed by atoms with Crippen LogP contribution in [0.15, 0.2) is 0 Å². The van der Waals surface area contributed by atoms with E-state index in [9.17, 15) is 4.79 Å². The lowest BCUT2D eigenvalue weighted by Crippen LogP contribution is -2.58. The van der Waals surface area contributed by atoms with Crippen molar-refractivity contribution in [2.75, 3.05) is 13.1 Å². The van der Waals surface area contributed by atoms with Crippen LogP contribution >= 0.6 is 0 Å². The lowest BCUT2D eigenvalue weighted by atomic mass is 9.98. The first-order valence-corrected chi connectivity index (χ1v) is 6.69. The molecule has 16 heavy (non-hydrogen) atoms. The van der Waals surface area contributed by atoms with Crippen molar-refractivity contribution in [1.82, 2.24) is 10.2 Å². The summed E-state index contributed by atoms with van der Waals surface area (Å²) in [5, 5.41) is 3.38. The zero-order valence-electron chi connectivity index (χ0n) is 10.3. The van der Waals surface area contributed by atoms with Crippen molar-refractivity contribution in [3.8, 4) is 0 Å². The summed E-state index contributed by atoms with van der Waals surface area (Å²) in [7, 11) is 0. The fourth-order valence-corrected chi connectivity index (χ4v) is 3.69. The van der Waals surface area contributed by atoms with Crippen molar-refractivity contribution in [1.29, 1.82) is 0 Å². The highest BCUT2D eigenvalue weighted by Gasteiger charge is 2.49. The van der Waals surface area contributed by atoms with Gasteiger partial charge in [-0.1, -0.05) is 0 Å². The Morgan fingerprint density at radius 2 is 1.62 bits per heavy atom. The predicted molar refractivity (Wildman–Crippen MR) is 63.0 cm³/mol. The molecule has 0 aromatic carbocycles. The third-order valence-electron chi connectivity index (χ3n) is 4.68. The Morgan fingerprint density at radius 3 is 2.19 bits per heavy atom. The third kappa shape index (κ3) is 1.65. The number of nitrogens with zero attached hydrogens (tertiary/aromatic N) is 1. The van der Waals surface area contributed by atoms with Crippen LogP contribution in [-0.4, -0.2) is 36.0 Å². The fraction of sp³-hybridized carbons (Fsp3) is 0.923. The zero-order chi connectivity index (χ0) is 11.3. The van der Waals surface area contributed by atoms with Crippen LogP contribution in [0.2, 0.25) is 0 Å². The van der Waals surface area contributed by atoms with Crippen LogP contribution in [0.5, 0.6) is 0 Å². The molecule has 3 rings (SSSR count). The first-order chi connectivity index (χ1) is 7.66. The van der Waals surface area contributed by atoms with Gasteiger partial charge >= 0.3 is 0 Å². The van der Waals surface area contributed by atoms with Crippen LogP contribution in [0.25, 0.3) is 0 Å². The van der Waals surface area contributed by atoms with Crippen LogP contribution in [0.3, 0.4) is 0 Å². The van der Waals surface area contributed by atoms with E-state index in [2.05, 4.69) is 24.1 Å². The molecule has 0 radical (unpaired) electrons. The second kappa shape index (κ2) is 3.73. The van der Waals surface area contributed by atoms with Crippen LogP contribution in [0.4, 0.5) is 0 Å². The molecule has 0 spiro atoms. The van der Waals surface area contributed by atoms with Crippen LogP contribution in [0.1, 0.15) is 33.1 Å². The van der Waals surface area contributed by atoms with Gasteiger partial charge in [-0.25, -0.2) is 0 Å². The second-order valence-corrected chi connectivity index (χ2v) is 6.03. The van der Waals surface area contributed by atoms with Crippen molar-refractivity contribution in [2.45, 2.75) is 45.2 Å². The van der Waals surface area contributed by atoms with Crippen molar-refractivity contribution in [2.24, 2.45) is 17.8 Å². The average molecular weight is 222 g/mol. The van der Waals surface area contributed by atoms with Gasteiger partial charge in [0.1, 0.15) is 0 Å². The number of hydrogen-bond acceptors (Lipinski definition) is 2. The lowest BCUT2D eigenvalue weighted by Gasteiger charge is -2.41. The summed E-state index contributed by atoms with van der Waals surface area (Å²) in [4.78, 5) is 14.6. The minimum Gasteiger partial charge on any atom is -0.334 e. The van der Waals surface area contributed by atoms with E-state index in [0.29, 0.717) is 23.9 Å².